The first-order valence-corrected chi connectivity index (χ1v) is 5.73. The number of pyridine rings is 1. The molecule has 0 unspecified atom stereocenters. The summed E-state index contributed by atoms with van der Waals surface area (Å²) in [5, 5.41) is 0. The summed E-state index contributed by atoms with van der Waals surface area (Å²) in [6, 6.07) is 7.61. The highest BCUT2D eigenvalue weighted by molar-refractivity contribution is 5.76. The third kappa shape index (κ3) is 1.99. The number of rotatable bonds is 3. The van der Waals surface area contributed by atoms with E-state index in [-0.39, 0.29) is 0 Å². The quantitative estimate of drug-likeness (QED) is 0.721. The summed E-state index contributed by atoms with van der Waals surface area (Å²) in [6.07, 6.45) is 3.14. The highest BCUT2D eigenvalue weighted by Crippen LogP contribution is 2.32. The first-order valence-electron chi connectivity index (χ1n) is 5.73. The van der Waals surface area contributed by atoms with E-state index in [2.05, 4.69) is 9.97 Å². The van der Waals surface area contributed by atoms with E-state index in [0.717, 1.165) is 11.1 Å². The van der Waals surface area contributed by atoms with Crippen molar-refractivity contribution in [1.29, 1.82) is 0 Å². The van der Waals surface area contributed by atoms with Crippen LogP contribution in [-0.4, -0.2) is 24.2 Å². The molecule has 0 aliphatic rings. The Morgan fingerprint density at radius 3 is 2.58 bits per heavy atom. The Morgan fingerprint density at radius 1 is 0.947 bits per heavy atom. The van der Waals surface area contributed by atoms with Crippen molar-refractivity contribution in [2.24, 2.45) is 0 Å². The summed E-state index contributed by atoms with van der Waals surface area (Å²) in [5.41, 5.74) is 3.17. The lowest BCUT2D eigenvalue weighted by molar-refractivity contribution is 0.355. The van der Waals surface area contributed by atoms with Gasteiger partial charge in [0, 0.05) is 11.8 Å². The molecular formula is C14H12N2O3. The van der Waals surface area contributed by atoms with Gasteiger partial charge in [0.15, 0.2) is 29.1 Å². The molecule has 0 saturated carbocycles. The second-order valence-electron chi connectivity index (χ2n) is 3.97. The van der Waals surface area contributed by atoms with Gasteiger partial charge in [-0.25, -0.2) is 4.98 Å². The maximum Gasteiger partial charge on any atom is 0.198 e. The van der Waals surface area contributed by atoms with Crippen LogP contribution in [0.5, 0.6) is 11.5 Å². The molecule has 0 amide bonds. The number of hydrogen-bond acceptors (Lipinski definition) is 5. The molecule has 0 saturated heterocycles. The van der Waals surface area contributed by atoms with Crippen molar-refractivity contribution in [1.82, 2.24) is 9.97 Å². The Kier molecular flexibility index (Phi) is 2.79. The molecule has 5 nitrogen and oxygen atoms in total. The standard InChI is InChI=1S/C14H12N2O3/c1-17-11-4-3-9(5-12(11)18-2)10-6-13-14(15-7-10)16-8-19-13/h3-8H,1-2H3. The van der Waals surface area contributed by atoms with Crippen molar-refractivity contribution in [2.45, 2.75) is 0 Å². The van der Waals surface area contributed by atoms with E-state index >= 15 is 0 Å². The number of ether oxygens (including phenoxy) is 2. The Labute approximate surface area is 109 Å². The molecule has 3 aromatic rings. The van der Waals surface area contributed by atoms with Crippen LogP contribution < -0.4 is 9.47 Å². The number of aromatic nitrogens is 2. The zero-order valence-electron chi connectivity index (χ0n) is 10.6. The second kappa shape index (κ2) is 4.61. The number of benzene rings is 1. The van der Waals surface area contributed by atoms with Gasteiger partial charge in [-0.1, -0.05) is 6.07 Å². The molecule has 2 aromatic heterocycles. The fraction of sp³-hybridized carbons (Fsp3) is 0.143. The Balaban J connectivity index is 2.09. The molecule has 3 rings (SSSR count). The van der Waals surface area contributed by atoms with Crippen LogP contribution in [0.4, 0.5) is 0 Å². The van der Waals surface area contributed by atoms with Gasteiger partial charge in [0.1, 0.15) is 0 Å². The maximum absolute atomic E-state index is 5.29. The Hall–Kier alpha value is -2.56. The molecule has 0 atom stereocenters. The number of methoxy groups -OCH3 is 2. The van der Waals surface area contributed by atoms with Crippen LogP contribution in [0.25, 0.3) is 22.4 Å². The zero-order chi connectivity index (χ0) is 13.2. The van der Waals surface area contributed by atoms with Crippen molar-refractivity contribution in [3.63, 3.8) is 0 Å². The van der Waals surface area contributed by atoms with Crippen LogP contribution in [0.15, 0.2) is 41.3 Å². The summed E-state index contributed by atoms with van der Waals surface area (Å²) in [6.45, 7) is 0. The first kappa shape index (κ1) is 11.5. The van der Waals surface area contributed by atoms with E-state index in [1.54, 1.807) is 20.4 Å². The molecule has 0 fully saturated rings. The van der Waals surface area contributed by atoms with E-state index in [0.29, 0.717) is 22.7 Å². The fourth-order valence-electron chi connectivity index (χ4n) is 1.93. The monoisotopic (exact) mass is 256 g/mol. The average molecular weight is 256 g/mol. The van der Waals surface area contributed by atoms with E-state index in [1.165, 1.54) is 6.39 Å². The lowest BCUT2D eigenvalue weighted by atomic mass is 10.1. The van der Waals surface area contributed by atoms with E-state index in [9.17, 15) is 0 Å². The largest absolute Gasteiger partial charge is 0.493 e. The normalized spacial score (nSPS) is 10.6. The van der Waals surface area contributed by atoms with Gasteiger partial charge in [0.2, 0.25) is 0 Å². The molecule has 19 heavy (non-hydrogen) atoms. The molecule has 96 valence electrons. The number of hydrogen-bond donors (Lipinski definition) is 0. The molecule has 0 radical (unpaired) electrons. The van der Waals surface area contributed by atoms with Gasteiger partial charge in [-0.2, -0.15) is 4.98 Å². The van der Waals surface area contributed by atoms with Gasteiger partial charge < -0.3 is 13.9 Å². The van der Waals surface area contributed by atoms with Gasteiger partial charge in [-0.3, -0.25) is 0 Å². The molecule has 0 N–H and O–H groups in total. The van der Waals surface area contributed by atoms with Crippen LogP contribution in [0.3, 0.4) is 0 Å². The molecule has 1 aromatic carbocycles. The minimum Gasteiger partial charge on any atom is -0.493 e. The summed E-state index contributed by atoms with van der Waals surface area (Å²) >= 11 is 0. The minimum absolute atomic E-state index is 0.601. The predicted octanol–water partition coefficient (Wildman–Crippen LogP) is 2.91. The summed E-state index contributed by atoms with van der Waals surface area (Å²) in [5.74, 6) is 1.37. The zero-order valence-corrected chi connectivity index (χ0v) is 10.6. The summed E-state index contributed by atoms with van der Waals surface area (Å²) < 4.78 is 15.8. The Bertz CT molecular complexity index is 722. The smallest absolute Gasteiger partial charge is 0.198 e. The number of fused-ring (bicyclic) bond motifs is 1. The van der Waals surface area contributed by atoms with E-state index in [4.69, 9.17) is 13.9 Å². The molecule has 2 heterocycles. The third-order valence-corrected chi connectivity index (χ3v) is 2.90. The lowest BCUT2D eigenvalue weighted by Gasteiger charge is -2.09. The minimum atomic E-state index is 0.601. The van der Waals surface area contributed by atoms with Gasteiger partial charge in [-0.15, -0.1) is 0 Å². The van der Waals surface area contributed by atoms with Gasteiger partial charge in [0.05, 0.1) is 14.2 Å². The highest BCUT2D eigenvalue weighted by Gasteiger charge is 2.08. The fourth-order valence-corrected chi connectivity index (χ4v) is 1.93. The topological polar surface area (TPSA) is 57.4 Å². The SMILES string of the molecule is COc1ccc(-c2cnc3ncoc3c2)cc1OC. The maximum atomic E-state index is 5.29. The van der Waals surface area contributed by atoms with Crippen molar-refractivity contribution in [3.05, 3.63) is 36.9 Å². The van der Waals surface area contributed by atoms with Gasteiger partial charge in [-0.05, 0) is 23.8 Å². The summed E-state index contributed by atoms with van der Waals surface area (Å²) in [4.78, 5) is 8.23. The van der Waals surface area contributed by atoms with E-state index < -0.39 is 0 Å². The average Bonchev–Trinajstić information content (AvgIpc) is 2.93. The van der Waals surface area contributed by atoms with Crippen molar-refractivity contribution >= 4 is 11.2 Å². The summed E-state index contributed by atoms with van der Waals surface area (Å²) in [7, 11) is 3.22. The van der Waals surface area contributed by atoms with Crippen LogP contribution >= 0.6 is 0 Å². The molecule has 5 heteroatoms. The predicted molar refractivity (Wildman–Crippen MR) is 70.3 cm³/mol. The lowest BCUT2D eigenvalue weighted by Crippen LogP contribution is -1.91. The van der Waals surface area contributed by atoms with Crippen LogP contribution in [0, 0.1) is 0 Å². The first-order chi connectivity index (χ1) is 9.31. The molecule has 0 aliphatic carbocycles. The molecular weight excluding hydrogens is 244 g/mol. The molecule has 0 aliphatic heterocycles. The van der Waals surface area contributed by atoms with Crippen molar-refractivity contribution < 1.29 is 13.9 Å². The van der Waals surface area contributed by atoms with Crippen molar-refractivity contribution in [3.8, 4) is 22.6 Å². The second-order valence-corrected chi connectivity index (χ2v) is 3.97. The third-order valence-electron chi connectivity index (χ3n) is 2.90. The molecule has 0 spiro atoms. The van der Waals surface area contributed by atoms with Crippen molar-refractivity contribution in [2.75, 3.05) is 14.2 Å². The number of nitrogens with zero attached hydrogens (tertiary/aromatic N) is 2. The van der Waals surface area contributed by atoms with Crippen LogP contribution in [0.1, 0.15) is 0 Å². The van der Waals surface area contributed by atoms with Gasteiger partial charge >= 0.3 is 0 Å². The van der Waals surface area contributed by atoms with Crippen LogP contribution in [0.2, 0.25) is 0 Å². The Morgan fingerprint density at radius 2 is 1.79 bits per heavy atom. The number of oxazole rings is 1. The molecule has 0 bridgehead atoms. The highest BCUT2D eigenvalue weighted by atomic mass is 16.5. The van der Waals surface area contributed by atoms with Crippen LogP contribution in [-0.2, 0) is 0 Å². The van der Waals surface area contributed by atoms with Gasteiger partial charge in [0.25, 0.3) is 0 Å². The van der Waals surface area contributed by atoms with E-state index in [1.807, 2.05) is 24.3 Å².